The molecule has 1 saturated heterocycles. The number of nitrogens with one attached hydrogen (secondary N) is 2. The normalized spacial score (nSPS) is 17.2. The van der Waals surface area contributed by atoms with E-state index < -0.39 is 10.0 Å². The van der Waals surface area contributed by atoms with Gasteiger partial charge in [-0.25, -0.2) is 8.42 Å². The van der Waals surface area contributed by atoms with Gasteiger partial charge in [0.05, 0.1) is 26.2 Å². The van der Waals surface area contributed by atoms with Gasteiger partial charge in [0.1, 0.15) is 0 Å². The SMILES string of the molecule is Cc1cccc(C)c1NC(=O)[C@@H](C)[NH+]1CCN(S(=O)(=O)/C=C/c2ccccc2)CC1. The number of anilines is 1. The molecule has 1 atom stereocenters. The summed E-state index contributed by atoms with van der Waals surface area (Å²) in [6, 6.07) is 15.0. The van der Waals surface area contributed by atoms with Crippen LogP contribution in [0.1, 0.15) is 23.6 Å². The monoisotopic (exact) mass is 428 g/mol. The van der Waals surface area contributed by atoms with Crippen LogP contribution in [0.3, 0.4) is 0 Å². The summed E-state index contributed by atoms with van der Waals surface area (Å²) < 4.78 is 26.8. The van der Waals surface area contributed by atoms with Gasteiger partial charge in [-0.3, -0.25) is 4.79 Å². The van der Waals surface area contributed by atoms with Crippen LogP contribution in [0.4, 0.5) is 5.69 Å². The summed E-state index contributed by atoms with van der Waals surface area (Å²) in [5.41, 5.74) is 3.78. The van der Waals surface area contributed by atoms with Crippen LogP contribution in [0.2, 0.25) is 0 Å². The Morgan fingerprint density at radius 3 is 2.23 bits per heavy atom. The van der Waals surface area contributed by atoms with Crippen molar-refractivity contribution in [3.63, 3.8) is 0 Å². The van der Waals surface area contributed by atoms with E-state index in [0.29, 0.717) is 26.2 Å². The van der Waals surface area contributed by atoms with Gasteiger partial charge in [0, 0.05) is 11.1 Å². The van der Waals surface area contributed by atoms with Crippen LogP contribution in [-0.2, 0) is 14.8 Å². The average molecular weight is 429 g/mol. The number of carbonyl (C=O) groups excluding carboxylic acids is 1. The first-order valence-corrected chi connectivity index (χ1v) is 11.7. The highest BCUT2D eigenvalue weighted by Crippen LogP contribution is 2.19. The molecular formula is C23H30N3O3S+. The minimum absolute atomic E-state index is 0.0392. The van der Waals surface area contributed by atoms with E-state index in [1.54, 1.807) is 6.08 Å². The van der Waals surface area contributed by atoms with Crippen LogP contribution in [0.25, 0.3) is 6.08 Å². The molecule has 1 fully saturated rings. The van der Waals surface area contributed by atoms with Crippen molar-refractivity contribution < 1.29 is 18.1 Å². The molecule has 3 rings (SSSR count). The summed E-state index contributed by atoms with van der Waals surface area (Å²) in [6.45, 7) is 7.85. The van der Waals surface area contributed by atoms with E-state index in [4.69, 9.17) is 0 Å². The van der Waals surface area contributed by atoms with Crippen molar-refractivity contribution in [3.05, 3.63) is 70.6 Å². The standard InChI is InChI=1S/C23H29N3O3S/c1-18-8-7-9-19(2)22(18)24-23(27)20(3)25-13-15-26(16-14-25)30(28,29)17-12-21-10-5-4-6-11-21/h4-12,17,20H,13-16H2,1-3H3,(H,24,27)/p+1/b17-12+/t20-/m1/s1. The topological polar surface area (TPSA) is 70.9 Å². The molecule has 2 N–H and O–H groups in total. The van der Waals surface area contributed by atoms with Crippen LogP contribution < -0.4 is 10.2 Å². The summed E-state index contributed by atoms with van der Waals surface area (Å²) in [7, 11) is -3.47. The van der Waals surface area contributed by atoms with Crippen molar-refractivity contribution in [2.24, 2.45) is 0 Å². The number of hydrogen-bond acceptors (Lipinski definition) is 3. The van der Waals surface area contributed by atoms with E-state index in [1.807, 2.05) is 69.3 Å². The van der Waals surface area contributed by atoms with Crippen LogP contribution >= 0.6 is 0 Å². The molecular weight excluding hydrogens is 398 g/mol. The molecule has 0 unspecified atom stereocenters. The van der Waals surface area contributed by atoms with Crippen LogP contribution in [-0.4, -0.2) is 50.9 Å². The molecule has 30 heavy (non-hydrogen) atoms. The first-order chi connectivity index (χ1) is 14.3. The molecule has 1 amide bonds. The largest absolute Gasteiger partial charge is 0.323 e. The van der Waals surface area contributed by atoms with Gasteiger partial charge in [-0.05, 0) is 43.5 Å². The number of rotatable bonds is 6. The molecule has 6 nitrogen and oxygen atoms in total. The van der Waals surface area contributed by atoms with Gasteiger partial charge in [-0.1, -0.05) is 48.5 Å². The molecule has 0 bridgehead atoms. The van der Waals surface area contributed by atoms with Gasteiger partial charge in [-0.15, -0.1) is 0 Å². The Morgan fingerprint density at radius 2 is 1.63 bits per heavy atom. The summed E-state index contributed by atoms with van der Waals surface area (Å²) in [4.78, 5) is 13.9. The quantitative estimate of drug-likeness (QED) is 0.738. The molecule has 0 saturated carbocycles. The second kappa shape index (κ2) is 9.55. The van der Waals surface area contributed by atoms with E-state index in [9.17, 15) is 13.2 Å². The zero-order valence-corrected chi connectivity index (χ0v) is 18.6. The highest BCUT2D eigenvalue weighted by molar-refractivity contribution is 7.92. The van der Waals surface area contributed by atoms with Crippen molar-refractivity contribution in [3.8, 4) is 0 Å². The van der Waals surface area contributed by atoms with E-state index in [1.165, 1.54) is 9.71 Å². The maximum absolute atomic E-state index is 12.8. The van der Waals surface area contributed by atoms with Crippen molar-refractivity contribution in [2.45, 2.75) is 26.8 Å². The van der Waals surface area contributed by atoms with Gasteiger partial charge < -0.3 is 10.2 Å². The van der Waals surface area contributed by atoms with Crippen LogP contribution in [0, 0.1) is 13.8 Å². The predicted molar refractivity (Wildman–Crippen MR) is 121 cm³/mol. The Kier molecular flexibility index (Phi) is 7.07. The molecule has 7 heteroatoms. The van der Waals surface area contributed by atoms with Gasteiger partial charge in [0.2, 0.25) is 10.0 Å². The minimum Gasteiger partial charge on any atom is -0.323 e. The third-order valence-corrected chi connectivity index (χ3v) is 7.26. The number of para-hydroxylation sites is 1. The summed E-state index contributed by atoms with van der Waals surface area (Å²) >= 11 is 0. The van der Waals surface area contributed by atoms with Crippen molar-refractivity contribution in [1.82, 2.24) is 4.31 Å². The van der Waals surface area contributed by atoms with Crippen LogP contribution in [0.5, 0.6) is 0 Å². The Hall–Kier alpha value is -2.48. The maximum Gasteiger partial charge on any atom is 0.282 e. The Morgan fingerprint density at radius 1 is 1.03 bits per heavy atom. The number of nitrogens with zero attached hydrogens (tertiary/aromatic N) is 1. The highest BCUT2D eigenvalue weighted by Gasteiger charge is 2.33. The molecule has 0 spiro atoms. The van der Waals surface area contributed by atoms with E-state index in [2.05, 4.69) is 5.32 Å². The average Bonchev–Trinajstić information content (AvgIpc) is 2.75. The van der Waals surface area contributed by atoms with Gasteiger partial charge in [0.15, 0.2) is 6.04 Å². The fourth-order valence-corrected chi connectivity index (χ4v) is 4.90. The third kappa shape index (κ3) is 5.36. The van der Waals surface area contributed by atoms with Gasteiger partial charge >= 0.3 is 0 Å². The summed E-state index contributed by atoms with van der Waals surface area (Å²) in [6.07, 6.45) is 1.62. The van der Waals surface area contributed by atoms with Crippen molar-refractivity contribution in [1.29, 1.82) is 0 Å². The molecule has 2 aromatic carbocycles. The lowest BCUT2D eigenvalue weighted by Gasteiger charge is -2.33. The fraction of sp³-hybridized carbons (Fsp3) is 0.348. The van der Waals surface area contributed by atoms with Crippen molar-refractivity contribution >= 4 is 27.7 Å². The van der Waals surface area contributed by atoms with Crippen LogP contribution in [0.15, 0.2) is 53.9 Å². The Labute approximate surface area is 179 Å². The molecule has 0 aromatic heterocycles. The van der Waals surface area contributed by atoms with Gasteiger partial charge in [-0.2, -0.15) is 4.31 Å². The number of sulfonamides is 1. The maximum atomic E-state index is 12.8. The summed E-state index contributed by atoms with van der Waals surface area (Å²) in [5, 5.41) is 4.32. The summed E-state index contributed by atoms with van der Waals surface area (Å²) in [5.74, 6) is -0.0392. The number of carbonyl (C=O) groups is 1. The minimum atomic E-state index is -3.47. The molecule has 0 aliphatic carbocycles. The molecule has 160 valence electrons. The lowest BCUT2D eigenvalue weighted by Crippen LogP contribution is -3.19. The fourth-order valence-electron chi connectivity index (χ4n) is 3.70. The zero-order valence-electron chi connectivity index (χ0n) is 17.8. The third-order valence-electron chi connectivity index (χ3n) is 5.69. The number of quaternary nitrogens is 1. The number of piperazine rings is 1. The second-order valence-electron chi connectivity index (χ2n) is 7.79. The van der Waals surface area contributed by atoms with Crippen molar-refractivity contribution in [2.75, 3.05) is 31.5 Å². The smallest absolute Gasteiger partial charge is 0.282 e. The first-order valence-electron chi connectivity index (χ1n) is 10.2. The highest BCUT2D eigenvalue weighted by atomic mass is 32.2. The number of hydrogen-bond donors (Lipinski definition) is 2. The molecule has 1 aliphatic rings. The Balaban J connectivity index is 1.58. The first kappa shape index (κ1) is 22.2. The lowest BCUT2D eigenvalue weighted by molar-refractivity contribution is -0.917. The molecule has 2 aromatic rings. The zero-order chi connectivity index (χ0) is 21.7. The number of amides is 1. The van der Waals surface area contributed by atoms with E-state index in [-0.39, 0.29) is 11.9 Å². The Bertz CT molecular complexity index is 991. The number of aryl methyl sites for hydroxylation is 2. The molecule has 0 radical (unpaired) electrons. The van der Waals surface area contributed by atoms with Gasteiger partial charge in [0.25, 0.3) is 5.91 Å². The molecule has 1 heterocycles. The predicted octanol–water partition coefficient (Wildman–Crippen LogP) is 1.83. The molecule has 1 aliphatic heterocycles. The second-order valence-corrected chi connectivity index (χ2v) is 9.61. The number of benzene rings is 2. The lowest BCUT2D eigenvalue weighted by atomic mass is 10.1. The van der Waals surface area contributed by atoms with E-state index >= 15 is 0 Å². The van der Waals surface area contributed by atoms with E-state index in [0.717, 1.165) is 27.3 Å².